The fourth-order valence-electron chi connectivity index (χ4n) is 3.17. The number of para-hydroxylation sites is 1. The summed E-state index contributed by atoms with van der Waals surface area (Å²) < 4.78 is 16.2. The summed E-state index contributed by atoms with van der Waals surface area (Å²) in [7, 11) is 4.76. The smallest absolute Gasteiger partial charge is 0.248 e. The standard InChI is InChI=1S/C25H27N3O4/c1-30-22-14-13-21(24(31-2)25(22)32-3)27-16-18-10-8-17(9-11-18)12-15-23(29)28-20-7-5-4-6-19(20)26/h4-15,27H,16,26H2,1-3H3,(H,28,29)/p+1. The predicted octanol–water partition coefficient (Wildman–Crippen LogP) is 3.85. The number of carbonyl (C=O) groups excluding carboxylic acids is 1. The van der Waals surface area contributed by atoms with Crippen LogP contribution >= 0.6 is 0 Å². The van der Waals surface area contributed by atoms with Crippen LogP contribution in [0.4, 0.5) is 17.1 Å². The van der Waals surface area contributed by atoms with Gasteiger partial charge in [0.2, 0.25) is 11.7 Å². The molecule has 3 aromatic rings. The summed E-state index contributed by atoms with van der Waals surface area (Å²) in [6.45, 7) is 0.594. The summed E-state index contributed by atoms with van der Waals surface area (Å²) in [4.78, 5) is 12.2. The van der Waals surface area contributed by atoms with E-state index in [1.54, 1.807) is 27.4 Å². The van der Waals surface area contributed by atoms with Crippen molar-refractivity contribution in [3.05, 3.63) is 77.9 Å². The number of methoxy groups -OCH3 is 3. The average Bonchev–Trinajstić information content (AvgIpc) is 2.82. The second-order valence-corrected chi connectivity index (χ2v) is 6.96. The Kier molecular flexibility index (Phi) is 7.72. The molecule has 7 nitrogen and oxygen atoms in total. The Hall–Kier alpha value is -3.97. The van der Waals surface area contributed by atoms with Gasteiger partial charge in [0, 0.05) is 18.7 Å². The summed E-state index contributed by atoms with van der Waals surface area (Å²) in [5, 5.41) is 6.19. The number of anilines is 2. The maximum absolute atomic E-state index is 12.2. The minimum absolute atomic E-state index is 0.201. The second-order valence-electron chi connectivity index (χ2n) is 6.96. The van der Waals surface area contributed by atoms with Gasteiger partial charge in [-0.3, -0.25) is 4.79 Å². The average molecular weight is 435 g/mol. The number of amides is 1. The van der Waals surface area contributed by atoms with Gasteiger partial charge in [-0.1, -0.05) is 36.4 Å². The van der Waals surface area contributed by atoms with Gasteiger partial charge in [0.25, 0.3) is 0 Å². The number of nitrogens with one attached hydrogen (secondary N) is 2. The van der Waals surface area contributed by atoms with E-state index in [9.17, 15) is 4.79 Å². The minimum atomic E-state index is -0.201. The molecule has 3 rings (SSSR count). The molecule has 0 aromatic heterocycles. The van der Waals surface area contributed by atoms with Crippen LogP contribution < -0.4 is 30.6 Å². The molecule has 1 amide bonds. The first-order chi connectivity index (χ1) is 15.5. The topological polar surface area (TPSA) is 96.5 Å². The lowest BCUT2D eigenvalue weighted by molar-refractivity contribution is -0.253. The van der Waals surface area contributed by atoms with Crippen LogP contribution in [0.15, 0.2) is 66.7 Å². The number of hydrogen-bond donors (Lipinski definition) is 3. The largest absolute Gasteiger partial charge is 0.493 e. The molecule has 0 aliphatic rings. The van der Waals surface area contributed by atoms with E-state index < -0.39 is 0 Å². The van der Waals surface area contributed by atoms with E-state index in [4.69, 9.17) is 14.2 Å². The Morgan fingerprint density at radius 2 is 1.59 bits per heavy atom. The Bertz CT molecular complexity index is 1090. The number of rotatable bonds is 9. The van der Waals surface area contributed by atoms with Crippen LogP contribution in [0, 0.1) is 0 Å². The summed E-state index contributed by atoms with van der Waals surface area (Å²) in [5.74, 6) is 1.53. The lowest BCUT2D eigenvalue weighted by Gasteiger charge is -2.16. The fraction of sp³-hybridized carbons (Fsp3) is 0.160. The maximum atomic E-state index is 12.2. The van der Waals surface area contributed by atoms with Crippen molar-refractivity contribution < 1.29 is 24.7 Å². The van der Waals surface area contributed by atoms with Gasteiger partial charge in [0.15, 0.2) is 17.2 Å². The third kappa shape index (κ3) is 5.59. The number of carbonyl (C=O) groups is 1. The molecule has 0 radical (unpaired) electrons. The van der Waals surface area contributed by atoms with Crippen LogP contribution in [0.1, 0.15) is 11.1 Å². The van der Waals surface area contributed by atoms with Crippen LogP contribution in [-0.4, -0.2) is 27.2 Å². The predicted molar refractivity (Wildman–Crippen MR) is 127 cm³/mol. The number of benzene rings is 3. The highest BCUT2D eigenvalue weighted by atomic mass is 16.5. The van der Waals surface area contributed by atoms with E-state index in [2.05, 4.69) is 16.4 Å². The van der Waals surface area contributed by atoms with Gasteiger partial charge in [0.05, 0.1) is 27.0 Å². The van der Waals surface area contributed by atoms with E-state index in [-0.39, 0.29) is 5.91 Å². The van der Waals surface area contributed by atoms with Gasteiger partial charge in [-0.05, 0) is 35.4 Å². The lowest BCUT2D eigenvalue weighted by Crippen LogP contribution is -2.41. The molecule has 0 aliphatic heterocycles. The highest BCUT2D eigenvalue weighted by Gasteiger charge is 2.15. The first-order valence-corrected chi connectivity index (χ1v) is 10.1. The Balaban J connectivity index is 1.61. The molecule has 0 fully saturated rings. The van der Waals surface area contributed by atoms with Gasteiger partial charge < -0.3 is 30.6 Å². The molecule has 0 atom stereocenters. The first kappa shape index (κ1) is 22.7. The van der Waals surface area contributed by atoms with Crippen molar-refractivity contribution in [3.63, 3.8) is 0 Å². The molecular weight excluding hydrogens is 406 g/mol. The van der Waals surface area contributed by atoms with Crippen LogP contribution in [0.2, 0.25) is 0 Å². The van der Waals surface area contributed by atoms with Crippen LogP contribution in [0.5, 0.6) is 17.2 Å². The van der Waals surface area contributed by atoms with E-state index >= 15 is 0 Å². The van der Waals surface area contributed by atoms with Crippen molar-refractivity contribution in [1.82, 2.24) is 0 Å². The molecule has 0 heterocycles. The Morgan fingerprint density at radius 3 is 2.25 bits per heavy atom. The van der Waals surface area contributed by atoms with Crippen molar-refractivity contribution in [2.75, 3.05) is 32.0 Å². The zero-order valence-corrected chi connectivity index (χ0v) is 18.5. The van der Waals surface area contributed by atoms with Crippen molar-refractivity contribution in [2.24, 2.45) is 0 Å². The van der Waals surface area contributed by atoms with Crippen molar-refractivity contribution >= 4 is 29.0 Å². The molecule has 0 saturated heterocycles. The highest BCUT2D eigenvalue weighted by molar-refractivity contribution is 6.03. The van der Waals surface area contributed by atoms with Gasteiger partial charge in [-0.15, -0.1) is 0 Å². The molecule has 0 spiro atoms. The first-order valence-electron chi connectivity index (χ1n) is 10.1. The molecule has 5 N–H and O–H groups in total. The zero-order valence-electron chi connectivity index (χ0n) is 18.5. The third-order valence-electron chi connectivity index (χ3n) is 4.87. The second kappa shape index (κ2) is 10.9. The summed E-state index contributed by atoms with van der Waals surface area (Å²) in [6, 6.07) is 19.1. The fourth-order valence-corrected chi connectivity index (χ4v) is 3.17. The molecule has 0 aliphatic carbocycles. The number of ether oxygens (including phenoxy) is 3. The van der Waals surface area contributed by atoms with E-state index in [1.165, 1.54) is 6.08 Å². The molecule has 32 heavy (non-hydrogen) atoms. The molecule has 0 saturated carbocycles. The molecule has 0 unspecified atom stereocenters. The zero-order chi connectivity index (χ0) is 22.9. The van der Waals surface area contributed by atoms with Gasteiger partial charge in [0.1, 0.15) is 5.69 Å². The molecule has 3 aromatic carbocycles. The molecule has 0 bridgehead atoms. The molecule has 7 heteroatoms. The quantitative estimate of drug-likeness (QED) is 0.445. The monoisotopic (exact) mass is 434 g/mol. The van der Waals surface area contributed by atoms with Crippen LogP contribution in [-0.2, 0) is 11.3 Å². The summed E-state index contributed by atoms with van der Waals surface area (Å²) >= 11 is 0. The van der Waals surface area contributed by atoms with Crippen LogP contribution in [0.25, 0.3) is 6.08 Å². The SMILES string of the molecule is COc1ccc(NCc2ccc(C=CC(=O)Nc3ccccc3[NH3+])cc2)c(OC)c1OC. The number of hydrogen-bond acceptors (Lipinski definition) is 5. The Morgan fingerprint density at radius 1 is 0.875 bits per heavy atom. The minimum Gasteiger partial charge on any atom is -0.493 e. The summed E-state index contributed by atoms with van der Waals surface area (Å²) in [6.07, 6.45) is 3.28. The van der Waals surface area contributed by atoms with E-state index in [0.717, 1.165) is 22.5 Å². The van der Waals surface area contributed by atoms with E-state index in [1.807, 2.05) is 60.7 Å². The lowest BCUT2D eigenvalue weighted by atomic mass is 10.1. The number of quaternary nitrogens is 1. The molecular formula is C25H28N3O4+. The summed E-state index contributed by atoms with van der Waals surface area (Å²) in [5.41, 5.74) is 8.19. The van der Waals surface area contributed by atoms with Crippen molar-refractivity contribution in [2.45, 2.75) is 6.54 Å². The van der Waals surface area contributed by atoms with E-state index in [0.29, 0.717) is 29.5 Å². The van der Waals surface area contributed by atoms with Gasteiger partial charge in [-0.2, -0.15) is 0 Å². The van der Waals surface area contributed by atoms with Crippen molar-refractivity contribution in [1.29, 1.82) is 0 Å². The Labute approximate surface area is 187 Å². The molecule has 166 valence electrons. The van der Waals surface area contributed by atoms with Gasteiger partial charge in [-0.25, -0.2) is 0 Å². The van der Waals surface area contributed by atoms with Gasteiger partial charge >= 0.3 is 0 Å². The third-order valence-corrected chi connectivity index (χ3v) is 4.87. The van der Waals surface area contributed by atoms with Crippen molar-refractivity contribution in [3.8, 4) is 17.2 Å². The van der Waals surface area contributed by atoms with Crippen LogP contribution in [0.3, 0.4) is 0 Å². The maximum Gasteiger partial charge on any atom is 0.248 e. The normalized spacial score (nSPS) is 10.6. The highest BCUT2D eigenvalue weighted by Crippen LogP contribution is 2.42.